The first kappa shape index (κ1) is 18.9. The molecule has 1 N–H and O–H groups in total. The smallest absolute Gasteiger partial charge is 0.295 e. The summed E-state index contributed by atoms with van der Waals surface area (Å²) in [6.07, 6.45) is 0. The van der Waals surface area contributed by atoms with Crippen LogP contribution in [0.4, 0.5) is 5.69 Å². The Labute approximate surface area is 176 Å². The van der Waals surface area contributed by atoms with Crippen LogP contribution in [-0.4, -0.2) is 27.8 Å². The normalized spacial score (nSPS) is 10.6. The lowest BCUT2D eigenvalue weighted by molar-refractivity contribution is 0.101. The summed E-state index contributed by atoms with van der Waals surface area (Å²) in [5, 5.41) is 7.29. The maximum atomic E-state index is 12.8. The fourth-order valence-electron chi connectivity index (χ4n) is 2.83. The minimum absolute atomic E-state index is 0.0783. The van der Waals surface area contributed by atoms with Crippen molar-refractivity contribution in [3.05, 3.63) is 89.2 Å². The standard InChI is InChI=1S/C22H17BrN4O2/c1-29-19-9-5-8-17(14-19)24-22(28)20-25-21(15-6-3-2-4-7-15)27(26-20)18-12-10-16(23)11-13-18/h2-14H,1H3,(H,24,28). The first-order valence-corrected chi connectivity index (χ1v) is 9.67. The van der Waals surface area contributed by atoms with Crippen molar-refractivity contribution in [2.24, 2.45) is 0 Å². The highest BCUT2D eigenvalue weighted by molar-refractivity contribution is 9.10. The first-order valence-electron chi connectivity index (χ1n) is 8.88. The van der Waals surface area contributed by atoms with Crippen LogP contribution >= 0.6 is 15.9 Å². The van der Waals surface area contributed by atoms with Gasteiger partial charge in [-0.1, -0.05) is 52.3 Å². The van der Waals surface area contributed by atoms with Gasteiger partial charge in [-0.2, -0.15) is 0 Å². The van der Waals surface area contributed by atoms with E-state index in [4.69, 9.17) is 4.74 Å². The van der Waals surface area contributed by atoms with E-state index in [0.717, 1.165) is 15.7 Å². The molecule has 0 spiro atoms. The summed E-state index contributed by atoms with van der Waals surface area (Å²) in [7, 11) is 1.58. The van der Waals surface area contributed by atoms with Crippen molar-refractivity contribution in [3.63, 3.8) is 0 Å². The summed E-state index contributed by atoms with van der Waals surface area (Å²) in [6, 6.07) is 24.4. The number of methoxy groups -OCH3 is 1. The Bertz CT molecular complexity index is 1140. The zero-order valence-corrected chi connectivity index (χ0v) is 17.1. The van der Waals surface area contributed by atoms with Crippen molar-refractivity contribution < 1.29 is 9.53 Å². The molecule has 4 aromatic rings. The number of nitrogens with one attached hydrogen (secondary N) is 1. The van der Waals surface area contributed by atoms with E-state index in [0.29, 0.717) is 17.3 Å². The highest BCUT2D eigenvalue weighted by atomic mass is 79.9. The van der Waals surface area contributed by atoms with Crippen molar-refractivity contribution in [1.29, 1.82) is 0 Å². The quantitative estimate of drug-likeness (QED) is 0.468. The average molecular weight is 449 g/mol. The lowest BCUT2D eigenvalue weighted by Gasteiger charge is -2.06. The van der Waals surface area contributed by atoms with Crippen molar-refractivity contribution >= 4 is 27.5 Å². The Morgan fingerprint density at radius 3 is 2.48 bits per heavy atom. The summed E-state index contributed by atoms with van der Waals surface area (Å²) in [6.45, 7) is 0. The van der Waals surface area contributed by atoms with Crippen molar-refractivity contribution in [2.45, 2.75) is 0 Å². The molecule has 7 heteroatoms. The molecule has 0 aliphatic rings. The summed E-state index contributed by atoms with van der Waals surface area (Å²) < 4.78 is 7.83. The Balaban J connectivity index is 1.72. The SMILES string of the molecule is COc1cccc(NC(=O)c2nc(-c3ccccc3)n(-c3ccc(Br)cc3)n2)c1. The third-order valence-electron chi connectivity index (χ3n) is 4.24. The van der Waals surface area contributed by atoms with E-state index in [-0.39, 0.29) is 5.82 Å². The van der Waals surface area contributed by atoms with Crippen molar-refractivity contribution in [1.82, 2.24) is 14.8 Å². The number of amides is 1. The lowest BCUT2D eigenvalue weighted by Crippen LogP contribution is -2.14. The van der Waals surface area contributed by atoms with Crippen LogP contribution in [0.3, 0.4) is 0 Å². The van der Waals surface area contributed by atoms with Crippen LogP contribution in [0, 0.1) is 0 Å². The molecule has 0 bridgehead atoms. The van der Waals surface area contributed by atoms with Gasteiger partial charge in [-0.05, 0) is 36.4 Å². The molecule has 0 saturated heterocycles. The van der Waals surface area contributed by atoms with Gasteiger partial charge in [0.05, 0.1) is 12.8 Å². The number of hydrogen-bond donors (Lipinski definition) is 1. The van der Waals surface area contributed by atoms with Crippen molar-refractivity contribution in [3.8, 4) is 22.8 Å². The molecule has 3 aromatic carbocycles. The second-order valence-electron chi connectivity index (χ2n) is 6.20. The second kappa shape index (κ2) is 8.28. The number of anilines is 1. The Morgan fingerprint density at radius 1 is 1.00 bits per heavy atom. The third-order valence-corrected chi connectivity index (χ3v) is 4.77. The van der Waals surface area contributed by atoms with Gasteiger partial charge >= 0.3 is 0 Å². The summed E-state index contributed by atoms with van der Waals surface area (Å²) in [5.74, 6) is 0.922. The first-order chi connectivity index (χ1) is 14.1. The summed E-state index contributed by atoms with van der Waals surface area (Å²) in [4.78, 5) is 17.3. The molecule has 0 unspecified atom stereocenters. The van der Waals surface area contributed by atoms with Crippen LogP contribution in [0.1, 0.15) is 10.6 Å². The highest BCUT2D eigenvalue weighted by Gasteiger charge is 2.19. The van der Waals surface area contributed by atoms with Gasteiger partial charge in [0.2, 0.25) is 5.82 Å². The molecule has 4 rings (SSSR count). The van der Waals surface area contributed by atoms with Crippen LogP contribution in [0.15, 0.2) is 83.3 Å². The third kappa shape index (κ3) is 4.20. The topological polar surface area (TPSA) is 69.0 Å². The van der Waals surface area contributed by atoms with E-state index in [1.807, 2.05) is 60.7 Å². The van der Waals surface area contributed by atoms with Gasteiger partial charge in [0, 0.05) is 21.8 Å². The number of hydrogen-bond acceptors (Lipinski definition) is 4. The zero-order valence-electron chi connectivity index (χ0n) is 15.5. The summed E-state index contributed by atoms with van der Waals surface area (Å²) >= 11 is 3.44. The van der Waals surface area contributed by atoms with Crippen LogP contribution in [0.25, 0.3) is 17.1 Å². The largest absolute Gasteiger partial charge is 0.497 e. The van der Waals surface area contributed by atoms with Gasteiger partial charge in [-0.15, -0.1) is 5.10 Å². The van der Waals surface area contributed by atoms with Gasteiger partial charge < -0.3 is 10.1 Å². The van der Waals surface area contributed by atoms with Crippen LogP contribution in [0.5, 0.6) is 5.75 Å². The number of carbonyl (C=O) groups excluding carboxylic acids is 1. The molecule has 0 atom stereocenters. The van der Waals surface area contributed by atoms with E-state index >= 15 is 0 Å². The number of carbonyl (C=O) groups is 1. The molecular weight excluding hydrogens is 432 g/mol. The molecule has 1 amide bonds. The van der Waals surface area contributed by atoms with Gasteiger partial charge in [-0.25, -0.2) is 9.67 Å². The average Bonchev–Trinajstić information content (AvgIpc) is 3.21. The number of benzene rings is 3. The molecule has 144 valence electrons. The maximum absolute atomic E-state index is 12.8. The molecule has 0 radical (unpaired) electrons. The minimum Gasteiger partial charge on any atom is -0.497 e. The fraction of sp³-hybridized carbons (Fsp3) is 0.0455. The van der Waals surface area contributed by atoms with E-state index in [1.54, 1.807) is 30.0 Å². The van der Waals surface area contributed by atoms with Gasteiger partial charge in [-0.3, -0.25) is 4.79 Å². The minimum atomic E-state index is -0.397. The van der Waals surface area contributed by atoms with Crippen LogP contribution < -0.4 is 10.1 Å². The molecule has 1 heterocycles. The van der Waals surface area contributed by atoms with E-state index in [9.17, 15) is 4.79 Å². The van der Waals surface area contributed by atoms with Gasteiger partial charge in [0.1, 0.15) is 5.75 Å². The predicted octanol–water partition coefficient (Wildman–Crippen LogP) is 4.96. The number of rotatable bonds is 5. The van der Waals surface area contributed by atoms with E-state index < -0.39 is 5.91 Å². The van der Waals surface area contributed by atoms with Gasteiger partial charge in [0.25, 0.3) is 5.91 Å². The van der Waals surface area contributed by atoms with Crippen LogP contribution in [-0.2, 0) is 0 Å². The summed E-state index contributed by atoms with van der Waals surface area (Å²) in [5.41, 5.74) is 2.28. The molecule has 0 saturated carbocycles. The van der Waals surface area contributed by atoms with E-state index in [2.05, 4.69) is 31.3 Å². The molecular formula is C22H17BrN4O2. The van der Waals surface area contributed by atoms with Crippen molar-refractivity contribution in [2.75, 3.05) is 12.4 Å². The molecule has 0 fully saturated rings. The van der Waals surface area contributed by atoms with Crippen LogP contribution in [0.2, 0.25) is 0 Å². The Morgan fingerprint density at radius 2 is 1.76 bits per heavy atom. The number of ether oxygens (including phenoxy) is 1. The molecule has 0 aliphatic heterocycles. The second-order valence-corrected chi connectivity index (χ2v) is 7.12. The lowest BCUT2D eigenvalue weighted by atomic mass is 10.2. The number of aromatic nitrogens is 3. The Hall–Kier alpha value is -3.45. The molecule has 1 aromatic heterocycles. The zero-order chi connectivity index (χ0) is 20.2. The molecule has 6 nitrogen and oxygen atoms in total. The highest BCUT2D eigenvalue weighted by Crippen LogP contribution is 2.23. The fourth-order valence-corrected chi connectivity index (χ4v) is 3.10. The molecule has 0 aliphatic carbocycles. The molecule has 29 heavy (non-hydrogen) atoms. The Kier molecular flexibility index (Phi) is 5.39. The predicted molar refractivity (Wildman–Crippen MR) is 115 cm³/mol. The van der Waals surface area contributed by atoms with Gasteiger partial charge in [0.15, 0.2) is 5.82 Å². The number of nitrogens with zero attached hydrogens (tertiary/aromatic N) is 3. The number of halogens is 1. The maximum Gasteiger partial charge on any atom is 0.295 e. The monoisotopic (exact) mass is 448 g/mol. The van der Waals surface area contributed by atoms with E-state index in [1.165, 1.54) is 0 Å².